The van der Waals surface area contributed by atoms with Gasteiger partial charge in [-0.25, -0.2) is 0 Å². The molecule has 172 valence electrons. The molecule has 9 nitrogen and oxygen atoms in total. The van der Waals surface area contributed by atoms with Crippen LogP contribution in [0.15, 0.2) is 30.5 Å². The molecule has 3 atom stereocenters. The summed E-state index contributed by atoms with van der Waals surface area (Å²) < 4.78 is 5.91. The molecule has 3 aliphatic heterocycles. The van der Waals surface area contributed by atoms with Crippen molar-refractivity contribution in [3.05, 3.63) is 30.5 Å². The average Bonchev–Trinajstić information content (AvgIpc) is 2.67. The minimum Gasteiger partial charge on any atom is -0.543 e. The Labute approximate surface area is 292 Å². The Hall–Kier alpha value is 2.93. The molecular weight excluding hydrogens is 1150 g/mol. The second-order valence-corrected chi connectivity index (χ2v) is 12.4. The average molecular weight is 1160 g/mol. The Bertz CT molecular complexity index is 759. The van der Waals surface area contributed by atoms with Crippen molar-refractivity contribution < 1.29 is 79.1 Å². The van der Waals surface area contributed by atoms with Gasteiger partial charge in [-0.05, 0) is 0 Å². The normalized spacial score (nSPS) is 23.9. The summed E-state index contributed by atoms with van der Waals surface area (Å²) in [4.78, 5) is 30.5. The van der Waals surface area contributed by atoms with Crippen LogP contribution in [0.3, 0.4) is 0 Å². The van der Waals surface area contributed by atoms with Gasteiger partial charge in [0.2, 0.25) is 0 Å². The number of carboxylic acids is 3. The van der Waals surface area contributed by atoms with E-state index in [1.54, 1.807) is 0 Å². The summed E-state index contributed by atoms with van der Waals surface area (Å²) in [6.45, 7) is 0. The number of halogens is 9. The fourth-order valence-electron chi connectivity index (χ4n) is 1.64. The van der Waals surface area contributed by atoms with Crippen molar-refractivity contribution in [3.8, 4) is 0 Å². The van der Waals surface area contributed by atoms with Gasteiger partial charge in [0.1, 0.15) is 14.9 Å². The van der Waals surface area contributed by atoms with Crippen LogP contribution in [0.5, 0.6) is 0 Å². The van der Waals surface area contributed by atoms with Crippen molar-refractivity contribution in [3.63, 3.8) is 0 Å². The van der Waals surface area contributed by atoms with Crippen LogP contribution in [0, 0.1) is 49.4 Å². The third kappa shape index (κ3) is 7.96. The number of alkyl halides is 3. The molecule has 0 saturated heterocycles. The topological polar surface area (TPSA) is 130 Å². The van der Waals surface area contributed by atoms with E-state index in [0.717, 1.165) is 0 Å². The van der Waals surface area contributed by atoms with Crippen molar-refractivity contribution >= 4 is 162 Å². The van der Waals surface area contributed by atoms with E-state index in [-0.39, 0.29) is 81.3 Å². The summed E-state index contributed by atoms with van der Waals surface area (Å²) >= 11 is 27.8. The number of hydrogen-bond donors (Lipinski definition) is 0. The summed E-state index contributed by atoms with van der Waals surface area (Å²) in [5.74, 6) is -3.58. The van der Waals surface area contributed by atoms with Crippen molar-refractivity contribution in [2.75, 3.05) is 0 Å². The van der Waals surface area contributed by atoms with Crippen molar-refractivity contribution in [1.29, 1.82) is 0 Å². The van der Waals surface area contributed by atoms with Crippen LogP contribution in [-0.2, 0) is 14.4 Å². The molecule has 3 heterocycles. The van der Waals surface area contributed by atoms with Gasteiger partial charge in [-0.3, -0.25) is 11.8 Å². The van der Waals surface area contributed by atoms with Crippen LogP contribution in [0.4, 0.5) is 0 Å². The zero-order valence-corrected chi connectivity index (χ0v) is 30.5. The first-order valence-electron chi connectivity index (χ1n) is 6.76. The smallest absolute Gasteiger partial charge is 0.543 e. The van der Waals surface area contributed by atoms with Crippen LogP contribution in [0.1, 0.15) is 0 Å². The second-order valence-electron chi connectivity index (χ2n) is 4.89. The van der Waals surface area contributed by atoms with Crippen LogP contribution in [-0.4, -0.2) is 44.5 Å². The third-order valence-electron chi connectivity index (χ3n) is 3.12. The van der Waals surface area contributed by atoms with E-state index in [1.807, 2.05) is 0 Å². The quantitative estimate of drug-likeness (QED) is 0.237. The van der Waals surface area contributed by atoms with E-state index < -0.39 is 17.9 Å². The first-order valence-corrected chi connectivity index (χ1v) is 14.0. The first kappa shape index (κ1) is 33.9. The van der Waals surface area contributed by atoms with Gasteiger partial charge in [0.25, 0.3) is 0 Å². The Kier molecular flexibility index (Phi) is 16.0. The van der Waals surface area contributed by atoms with Gasteiger partial charge in [0, 0.05) is 0 Å². The monoisotopic (exact) mass is 1150 g/mol. The predicted molar refractivity (Wildman–Crippen MR) is 133 cm³/mol. The van der Waals surface area contributed by atoms with E-state index in [0.29, 0.717) is 13.4 Å². The van der Waals surface area contributed by atoms with Gasteiger partial charge in [-0.2, -0.15) is 0 Å². The molecule has 0 aromatic heterocycles. The van der Waals surface area contributed by atoms with Gasteiger partial charge in [0.15, 0.2) is 0 Å². The number of aliphatic carboxylic acids is 3. The van der Waals surface area contributed by atoms with Crippen molar-refractivity contribution in [1.82, 2.24) is 11.8 Å². The molecule has 3 aliphatic rings. The van der Waals surface area contributed by atoms with Gasteiger partial charge >= 0.3 is 49.4 Å². The van der Waals surface area contributed by atoms with Crippen molar-refractivity contribution in [2.24, 2.45) is 0 Å². The van der Waals surface area contributed by atoms with Crippen molar-refractivity contribution in [2.45, 2.75) is 14.9 Å². The van der Waals surface area contributed by atoms with E-state index in [9.17, 15) is 29.7 Å². The molecule has 0 radical (unpaired) electrons. The molecule has 0 spiro atoms. The number of carboxylic acid groups (broad SMARTS) is 3. The van der Waals surface area contributed by atoms with E-state index in [1.165, 1.54) is 11.8 Å². The number of hydrogen-bond acceptors (Lipinski definition) is 9. The van der Waals surface area contributed by atoms with Gasteiger partial charge < -0.3 is 29.7 Å². The van der Waals surface area contributed by atoms with E-state index >= 15 is 0 Å². The minimum absolute atomic E-state index is 0. The summed E-state index contributed by atoms with van der Waals surface area (Å²) in [6, 6.07) is 0. The standard InChI is InChI=1S/3C4H2Br3NO2.Eu/c3*5-1-2(4(9)10)8(7)3(1)6;/h3*3H,(H,9,10);/q;;;+3/p-3. The molecule has 0 aromatic carbocycles. The number of carbonyl (C=O) groups excluding carboxylic acids is 3. The zero-order valence-electron chi connectivity index (χ0n) is 13.8. The van der Waals surface area contributed by atoms with Crippen LogP contribution in [0.2, 0.25) is 0 Å². The molecule has 0 N–H and O–H groups in total. The maximum Gasteiger partial charge on any atom is 3.00 e. The molecule has 3 rings (SSSR count). The number of rotatable bonds is 3. The molecule has 0 fully saturated rings. The van der Waals surface area contributed by atoms with Crippen LogP contribution in [0.25, 0.3) is 0 Å². The largest absolute Gasteiger partial charge is 3.00 e. The first-order chi connectivity index (χ1) is 13.7. The van der Waals surface area contributed by atoms with Gasteiger partial charge in [-0.1, -0.05) is 95.6 Å². The fourth-order valence-corrected chi connectivity index (χ4v) is 7.74. The van der Waals surface area contributed by atoms with Gasteiger partial charge in [0.05, 0.1) is 96.9 Å². The molecule has 3 unspecified atom stereocenters. The molecule has 19 heteroatoms. The molecule has 0 aliphatic carbocycles. The van der Waals surface area contributed by atoms with E-state index in [4.69, 9.17) is 0 Å². The minimum atomic E-state index is -1.19. The molecule has 31 heavy (non-hydrogen) atoms. The Morgan fingerprint density at radius 3 is 0.806 bits per heavy atom. The number of carbonyl (C=O) groups is 3. The fraction of sp³-hybridized carbons (Fsp3) is 0.250. The molecule has 0 saturated carbocycles. The van der Waals surface area contributed by atoms with Gasteiger partial charge in [-0.15, -0.1) is 0 Å². The maximum absolute atomic E-state index is 10.3. The molecule has 0 aromatic rings. The zero-order chi connectivity index (χ0) is 23.7. The summed E-state index contributed by atoms with van der Waals surface area (Å²) in [7, 11) is 0. The number of nitrogens with zero attached hydrogens (tertiary/aromatic N) is 3. The summed E-state index contributed by atoms with van der Waals surface area (Å²) in [5.41, 5.74) is 0.380. The Morgan fingerprint density at radius 2 is 0.742 bits per heavy atom. The van der Waals surface area contributed by atoms with Crippen LogP contribution < -0.4 is 15.3 Å². The molecule has 0 bridgehead atoms. The predicted octanol–water partition coefficient (Wildman–Crippen LogP) is 2.07. The Balaban J connectivity index is 0.000000429. The molecule has 0 amide bonds. The molecular formula is C12H3Br9EuN3O6. The summed E-state index contributed by atoms with van der Waals surface area (Å²) in [5, 5.41) is 30.8. The second kappa shape index (κ2) is 14.6. The van der Waals surface area contributed by atoms with E-state index in [2.05, 4.69) is 144 Å². The summed E-state index contributed by atoms with van der Waals surface area (Å²) in [6.07, 6.45) is 0. The SMILES string of the molecule is O=C([O-])C1=C(Br)C(Br)N1Br.O=C([O-])C1=C(Br)C(Br)N1Br.O=C([O-])C1=C(Br)C(Br)N1Br.[Eu+3]. The van der Waals surface area contributed by atoms with Crippen LogP contribution >= 0.6 is 144 Å². The Morgan fingerprint density at radius 1 is 0.581 bits per heavy atom. The third-order valence-corrected chi connectivity index (χ3v) is 13.9. The maximum atomic E-state index is 10.3.